The van der Waals surface area contributed by atoms with Gasteiger partial charge in [0.15, 0.2) is 0 Å². The lowest BCUT2D eigenvalue weighted by Crippen LogP contribution is -2.31. The summed E-state index contributed by atoms with van der Waals surface area (Å²) in [6.07, 6.45) is 6.97. The molecule has 0 aliphatic heterocycles. The summed E-state index contributed by atoms with van der Waals surface area (Å²) in [5.74, 6) is 1.51. The smallest absolute Gasteiger partial charge is 0.0622 e. The minimum absolute atomic E-state index is 0.448. The average molecular weight is 300 g/mol. The summed E-state index contributed by atoms with van der Waals surface area (Å²) < 4.78 is 5.68. The zero-order chi connectivity index (χ0) is 16.7. The molecule has 0 aliphatic rings. The number of allylic oxidation sites excluding steroid dienone is 1. The van der Waals surface area contributed by atoms with E-state index in [0.717, 1.165) is 44.3 Å². The van der Waals surface area contributed by atoms with E-state index in [1.807, 2.05) is 20.9 Å². The van der Waals surface area contributed by atoms with Crippen molar-refractivity contribution in [1.29, 1.82) is 0 Å². The number of nitrogens with one attached hydrogen (secondary N) is 1. The maximum atomic E-state index is 5.68. The zero-order valence-corrected chi connectivity index (χ0v) is 16.0. The van der Waals surface area contributed by atoms with Crippen molar-refractivity contribution in [1.82, 2.24) is 5.32 Å². The second-order valence-electron chi connectivity index (χ2n) is 5.96. The fourth-order valence-corrected chi connectivity index (χ4v) is 2.12. The Balaban J connectivity index is 0. The second-order valence-corrected chi connectivity index (χ2v) is 5.96. The van der Waals surface area contributed by atoms with E-state index in [-0.39, 0.29) is 0 Å². The van der Waals surface area contributed by atoms with Crippen LogP contribution in [0.25, 0.3) is 0 Å². The normalized spacial score (nSPS) is 14.6. The van der Waals surface area contributed by atoms with E-state index >= 15 is 0 Å². The number of likely N-dealkylation sites (N-methyl/N-ethyl adjacent to an activating group) is 1. The molecular formula is C19H41NO. The van der Waals surface area contributed by atoms with E-state index < -0.39 is 0 Å². The highest BCUT2D eigenvalue weighted by Crippen LogP contribution is 2.23. The maximum Gasteiger partial charge on any atom is 0.0622 e. The molecule has 2 atom stereocenters. The summed E-state index contributed by atoms with van der Waals surface area (Å²) >= 11 is 0. The average Bonchev–Trinajstić information content (AvgIpc) is 2.48. The van der Waals surface area contributed by atoms with Crippen molar-refractivity contribution >= 4 is 0 Å². The van der Waals surface area contributed by atoms with E-state index in [1.165, 1.54) is 6.42 Å². The third kappa shape index (κ3) is 13.1. The first-order chi connectivity index (χ1) is 10.0. The molecule has 21 heavy (non-hydrogen) atoms. The standard InChI is InChI=1S/C17H35NO.C2H6/c1-7-9-16(11-15(5)14(3)4)12-17(18-6)13-19-10-8-2;1-2/h9,14-15,17-18H,7-8,10-13H2,1-6H3;1-2H3/b16-9+;/t15-,17?;/m0./s1. The summed E-state index contributed by atoms with van der Waals surface area (Å²) in [5.41, 5.74) is 1.59. The molecule has 0 aromatic rings. The van der Waals surface area contributed by atoms with Gasteiger partial charge in [0.2, 0.25) is 0 Å². The van der Waals surface area contributed by atoms with Gasteiger partial charge in [-0.15, -0.1) is 0 Å². The molecule has 0 bridgehead atoms. The van der Waals surface area contributed by atoms with Crippen LogP contribution in [0.4, 0.5) is 0 Å². The summed E-state index contributed by atoms with van der Waals surface area (Å²) in [7, 11) is 2.04. The van der Waals surface area contributed by atoms with Gasteiger partial charge in [-0.2, -0.15) is 0 Å². The van der Waals surface area contributed by atoms with Gasteiger partial charge in [0.05, 0.1) is 6.61 Å². The molecule has 0 saturated carbocycles. The number of rotatable bonds is 11. The summed E-state index contributed by atoms with van der Waals surface area (Å²) in [6.45, 7) is 17.1. The van der Waals surface area contributed by atoms with Crippen LogP contribution >= 0.6 is 0 Å². The third-order valence-corrected chi connectivity index (χ3v) is 3.80. The van der Waals surface area contributed by atoms with Crippen molar-refractivity contribution in [2.45, 2.75) is 80.2 Å². The Morgan fingerprint density at radius 1 is 1.10 bits per heavy atom. The maximum absolute atomic E-state index is 5.68. The Labute approximate surface area is 134 Å². The number of hydrogen-bond acceptors (Lipinski definition) is 2. The summed E-state index contributed by atoms with van der Waals surface area (Å²) in [5, 5.41) is 3.39. The molecule has 0 radical (unpaired) electrons. The molecule has 0 heterocycles. The summed E-state index contributed by atoms with van der Waals surface area (Å²) in [4.78, 5) is 0. The fraction of sp³-hybridized carbons (Fsp3) is 0.895. The van der Waals surface area contributed by atoms with E-state index in [1.54, 1.807) is 5.57 Å². The number of hydrogen-bond donors (Lipinski definition) is 1. The Morgan fingerprint density at radius 2 is 1.71 bits per heavy atom. The van der Waals surface area contributed by atoms with Gasteiger partial charge < -0.3 is 10.1 Å². The van der Waals surface area contributed by atoms with Gasteiger partial charge in [-0.3, -0.25) is 0 Å². The van der Waals surface area contributed by atoms with Crippen LogP contribution in [-0.2, 0) is 4.74 Å². The Hall–Kier alpha value is -0.340. The molecule has 0 aromatic heterocycles. The van der Waals surface area contributed by atoms with Crippen LogP contribution in [0.5, 0.6) is 0 Å². The highest BCUT2D eigenvalue weighted by molar-refractivity contribution is 5.05. The molecular weight excluding hydrogens is 258 g/mol. The van der Waals surface area contributed by atoms with Crippen molar-refractivity contribution in [3.63, 3.8) is 0 Å². The summed E-state index contributed by atoms with van der Waals surface area (Å²) in [6, 6.07) is 0.448. The Kier molecular flexibility index (Phi) is 17.5. The van der Waals surface area contributed by atoms with E-state index in [9.17, 15) is 0 Å². The molecule has 1 N–H and O–H groups in total. The van der Waals surface area contributed by atoms with Crippen LogP contribution in [0, 0.1) is 11.8 Å². The molecule has 0 amide bonds. The quantitative estimate of drug-likeness (QED) is 0.405. The molecule has 128 valence electrons. The van der Waals surface area contributed by atoms with Crippen LogP contribution in [0.1, 0.15) is 74.1 Å². The van der Waals surface area contributed by atoms with Gasteiger partial charge in [-0.25, -0.2) is 0 Å². The second kappa shape index (κ2) is 16.0. The van der Waals surface area contributed by atoms with Gasteiger partial charge >= 0.3 is 0 Å². The largest absolute Gasteiger partial charge is 0.380 e. The minimum Gasteiger partial charge on any atom is -0.380 e. The van der Waals surface area contributed by atoms with E-state index in [4.69, 9.17) is 4.74 Å². The Bertz CT molecular complexity index is 236. The molecule has 0 saturated heterocycles. The van der Waals surface area contributed by atoms with Gasteiger partial charge in [0, 0.05) is 12.6 Å². The molecule has 2 heteroatoms. The van der Waals surface area contributed by atoms with Crippen LogP contribution in [0.15, 0.2) is 11.6 Å². The lowest BCUT2D eigenvalue weighted by molar-refractivity contribution is 0.113. The molecule has 2 nitrogen and oxygen atoms in total. The van der Waals surface area contributed by atoms with Crippen molar-refractivity contribution < 1.29 is 4.74 Å². The van der Waals surface area contributed by atoms with E-state index in [0.29, 0.717) is 6.04 Å². The predicted molar refractivity (Wildman–Crippen MR) is 96.9 cm³/mol. The van der Waals surface area contributed by atoms with Gasteiger partial charge in [0.25, 0.3) is 0 Å². The first kappa shape index (κ1) is 22.9. The lowest BCUT2D eigenvalue weighted by Gasteiger charge is -2.22. The van der Waals surface area contributed by atoms with Crippen LogP contribution in [0.3, 0.4) is 0 Å². The molecule has 0 aromatic carbocycles. The minimum atomic E-state index is 0.448. The van der Waals surface area contributed by atoms with E-state index in [2.05, 4.69) is 46.0 Å². The van der Waals surface area contributed by atoms with Crippen LogP contribution in [0.2, 0.25) is 0 Å². The van der Waals surface area contributed by atoms with Crippen molar-refractivity contribution in [3.05, 3.63) is 11.6 Å². The van der Waals surface area contributed by atoms with Gasteiger partial charge in [-0.1, -0.05) is 60.1 Å². The van der Waals surface area contributed by atoms with Crippen LogP contribution in [-0.4, -0.2) is 26.3 Å². The monoisotopic (exact) mass is 299 g/mol. The van der Waals surface area contributed by atoms with Crippen molar-refractivity contribution in [2.75, 3.05) is 20.3 Å². The highest BCUT2D eigenvalue weighted by Gasteiger charge is 2.14. The SMILES string of the molecule is CC.CC/C=C(/CC(COCCC)NC)C[C@H](C)C(C)C. The topological polar surface area (TPSA) is 21.3 Å². The molecule has 0 fully saturated rings. The van der Waals surface area contributed by atoms with Crippen molar-refractivity contribution in [2.24, 2.45) is 11.8 Å². The molecule has 0 aliphatic carbocycles. The lowest BCUT2D eigenvalue weighted by atomic mass is 9.88. The molecule has 0 rings (SSSR count). The highest BCUT2D eigenvalue weighted by atomic mass is 16.5. The first-order valence-corrected chi connectivity index (χ1v) is 8.97. The van der Waals surface area contributed by atoms with Crippen molar-refractivity contribution in [3.8, 4) is 0 Å². The molecule has 1 unspecified atom stereocenters. The van der Waals surface area contributed by atoms with Gasteiger partial charge in [-0.05, 0) is 44.6 Å². The first-order valence-electron chi connectivity index (χ1n) is 8.97. The molecule has 0 spiro atoms. The zero-order valence-electron chi connectivity index (χ0n) is 16.0. The fourth-order valence-electron chi connectivity index (χ4n) is 2.12. The van der Waals surface area contributed by atoms with Crippen LogP contribution < -0.4 is 5.32 Å². The third-order valence-electron chi connectivity index (χ3n) is 3.80. The number of ether oxygens (including phenoxy) is 1. The Morgan fingerprint density at radius 3 is 2.14 bits per heavy atom. The predicted octanol–water partition coefficient (Wildman–Crippen LogP) is 5.44. The van der Waals surface area contributed by atoms with Gasteiger partial charge in [0.1, 0.15) is 0 Å².